The molecular formula is C15H25N3O2. The molecule has 5 heteroatoms. The molecule has 1 aromatic rings. The largest absolute Gasteiger partial charge is 0.381 e. The van der Waals surface area contributed by atoms with E-state index >= 15 is 0 Å². The Morgan fingerprint density at radius 3 is 2.90 bits per heavy atom. The molecule has 0 bridgehead atoms. The van der Waals surface area contributed by atoms with Crippen molar-refractivity contribution in [3.05, 3.63) is 17.7 Å². The van der Waals surface area contributed by atoms with Gasteiger partial charge in [-0.25, -0.2) is 4.98 Å². The molecule has 0 unspecified atom stereocenters. The monoisotopic (exact) mass is 279 g/mol. The summed E-state index contributed by atoms with van der Waals surface area (Å²) in [5.41, 5.74) is 1.19. The highest BCUT2D eigenvalue weighted by atomic mass is 16.5. The molecule has 1 aromatic heterocycles. The minimum absolute atomic E-state index is 0.0640. The van der Waals surface area contributed by atoms with Crippen molar-refractivity contribution in [2.45, 2.75) is 50.8 Å². The summed E-state index contributed by atoms with van der Waals surface area (Å²) in [6.07, 6.45) is 6.20. The summed E-state index contributed by atoms with van der Waals surface area (Å²) >= 11 is 0. The Bertz CT molecular complexity index is 435. The molecular weight excluding hydrogens is 254 g/mol. The number of rotatable bonds is 3. The highest BCUT2D eigenvalue weighted by Crippen LogP contribution is 2.35. The molecule has 0 amide bonds. The van der Waals surface area contributed by atoms with Gasteiger partial charge in [0, 0.05) is 37.8 Å². The van der Waals surface area contributed by atoms with Crippen LogP contribution in [-0.4, -0.2) is 53.4 Å². The Balaban J connectivity index is 1.61. The molecule has 1 spiro atoms. The molecule has 5 nitrogen and oxygen atoms in total. The van der Waals surface area contributed by atoms with Crippen molar-refractivity contribution in [3.63, 3.8) is 0 Å². The molecule has 2 aliphatic rings. The summed E-state index contributed by atoms with van der Waals surface area (Å²) in [4.78, 5) is 10.1. The zero-order chi connectivity index (χ0) is 14.0. The average molecular weight is 279 g/mol. The number of imidazole rings is 1. The van der Waals surface area contributed by atoms with Gasteiger partial charge in [0.2, 0.25) is 0 Å². The van der Waals surface area contributed by atoms with Gasteiger partial charge < -0.3 is 14.5 Å². The van der Waals surface area contributed by atoms with Crippen molar-refractivity contribution in [1.29, 1.82) is 0 Å². The number of aromatic nitrogens is 2. The molecule has 3 rings (SSSR count). The van der Waals surface area contributed by atoms with E-state index < -0.39 is 0 Å². The molecule has 0 aliphatic carbocycles. The minimum Gasteiger partial charge on any atom is -0.381 e. The summed E-state index contributed by atoms with van der Waals surface area (Å²) in [6, 6.07) is 0.576. The van der Waals surface area contributed by atoms with Crippen molar-refractivity contribution < 1.29 is 9.47 Å². The van der Waals surface area contributed by atoms with Crippen molar-refractivity contribution >= 4 is 0 Å². The number of ether oxygens (including phenoxy) is 2. The summed E-state index contributed by atoms with van der Waals surface area (Å²) in [5.74, 6) is 1.05. The van der Waals surface area contributed by atoms with E-state index in [9.17, 15) is 0 Å². The molecule has 1 N–H and O–H groups in total. The molecule has 20 heavy (non-hydrogen) atoms. The van der Waals surface area contributed by atoms with Crippen LogP contribution in [0.2, 0.25) is 0 Å². The van der Waals surface area contributed by atoms with Crippen LogP contribution in [0.15, 0.2) is 6.20 Å². The van der Waals surface area contributed by atoms with Crippen molar-refractivity contribution in [1.82, 2.24) is 14.9 Å². The summed E-state index contributed by atoms with van der Waals surface area (Å²) < 4.78 is 11.6. The first-order valence-corrected chi connectivity index (χ1v) is 7.59. The summed E-state index contributed by atoms with van der Waals surface area (Å²) in [7, 11) is 2.20. The van der Waals surface area contributed by atoms with Crippen LogP contribution in [0.3, 0.4) is 0 Å². The van der Waals surface area contributed by atoms with E-state index in [1.54, 1.807) is 0 Å². The van der Waals surface area contributed by atoms with Gasteiger partial charge in [0.1, 0.15) is 5.82 Å². The zero-order valence-electron chi connectivity index (χ0n) is 12.5. The van der Waals surface area contributed by atoms with Gasteiger partial charge in [0.05, 0.1) is 12.1 Å². The van der Waals surface area contributed by atoms with Crippen molar-refractivity contribution in [2.24, 2.45) is 0 Å². The van der Waals surface area contributed by atoms with Gasteiger partial charge in [0.25, 0.3) is 0 Å². The molecule has 1 atom stereocenters. The summed E-state index contributed by atoms with van der Waals surface area (Å²) in [6.45, 7) is 5.47. The second kappa shape index (κ2) is 5.84. The second-order valence-electron chi connectivity index (χ2n) is 6.22. The SMILES string of the molecule is Cc1cnc(CN(C)[C@@H]2CCOC3(CCOCC3)C2)[nH]1. The molecule has 0 aromatic carbocycles. The van der Waals surface area contributed by atoms with Gasteiger partial charge in [0.15, 0.2) is 0 Å². The number of nitrogens with zero attached hydrogens (tertiary/aromatic N) is 2. The number of hydrogen-bond donors (Lipinski definition) is 1. The fourth-order valence-electron chi connectivity index (χ4n) is 3.38. The van der Waals surface area contributed by atoms with Gasteiger partial charge in [-0.2, -0.15) is 0 Å². The maximum atomic E-state index is 6.11. The Morgan fingerprint density at radius 2 is 2.20 bits per heavy atom. The molecule has 0 radical (unpaired) electrons. The van der Waals surface area contributed by atoms with Crippen LogP contribution in [0, 0.1) is 6.92 Å². The molecule has 2 aliphatic heterocycles. The first-order chi connectivity index (χ1) is 9.67. The van der Waals surface area contributed by atoms with E-state index in [0.717, 1.165) is 63.6 Å². The number of hydrogen-bond acceptors (Lipinski definition) is 4. The Morgan fingerprint density at radius 1 is 1.40 bits per heavy atom. The van der Waals surface area contributed by atoms with E-state index in [4.69, 9.17) is 9.47 Å². The smallest absolute Gasteiger partial charge is 0.120 e. The van der Waals surface area contributed by atoms with Crippen LogP contribution in [0.5, 0.6) is 0 Å². The predicted octanol–water partition coefficient (Wildman–Crippen LogP) is 1.88. The van der Waals surface area contributed by atoms with Crippen LogP contribution < -0.4 is 0 Å². The lowest BCUT2D eigenvalue weighted by Gasteiger charge is -2.45. The Kier molecular flexibility index (Phi) is 4.10. The molecule has 112 valence electrons. The second-order valence-corrected chi connectivity index (χ2v) is 6.22. The van der Waals surface area contributed by atoms with Crippen LogP contribution in [0.1, 0.15) is 37.2 Å². The van der Waals surface area contributed by atoms with Gasteiger partial charge in [-0.05, 0) is 39.7 Å². The maximum absolute atomic E-state index is 6.11. The molecule has 2 saturated heterocycles. The zero-order valence-corrected chi connectivity index (χ0v) is 12.5. The fourth-order valence-corrected chi connectivity index (χ4v) is 3.38. The minimum atomic E-state index is 0.0640. The van der Waals surface area contributed by atoms with Crippen molar-refractivity contribution in [2.75, 3.05) is 26.9 Å². The highest BCUT2D eigenvalue weighted by Gasteiger charge is 2.40. The third-order valence-electron chi connectivity index (χ3n) is 4.65. The van der Waals surface area contributed by atoms with Crippen LogP contribution in [0.4, 0.5) is 0 Å². The number of aryl methyl sites for hydroxylation is 1. The topological polar surface area (TPSA) is 50.4 Å². The van der Waals surface area contributed by atoms with Gasteiger partial charge in [-0.1, -0.05) is 0 Å². The maximum Gasteiger partial charge on any atom is 0.120 e. The Hall–Kier alpha value is -0.910. The van der Waals surface area contributed by atoms with Crippen LogP contribution in [0.25, 0.3) is 0 Å². The normalized spacial score (nSPS) is 26.2. The average Bonchev–Trinajstić information content (AvgIpc) is 2.85. The predicted molar refractivity (Wildman–Crippen MR) is 76.5 cm³/mol. The fraction of sp³-hybridized carbons (Fsp3) is 0.800. The van der Waals surface area contributed by atoms with E-state index in [1.807, 2.05) is 13.1 Å². The quantitative estimate of drug-likeness (QED) is 0.918. The number of H-pyrrole nitrogens is 1. The van der Waals surface area contributed by atoms with E-state index in [2.05, 4.69) is 21.9 Å². The van der Waals surface area contributed by atoms with Gasteiger partial charge in [-0.3, -0.25) is 4.90 Å². The van der Waals surface area contributed by atoms with E-state index in [-0.39, 0.29) is 5.60 Å². The van der Waals surface area contributed by atoms with Crippen LogP contribution in [-0.2, 0) is 16.0 Å². The third-order valence-corrected chi connectivity index (χ3v) is 4.65. The first kappa shape index (κ1) is 14.0. The lowest BCUT2D eigenvalue weighted by Crippen LogP contribution is -2.50. The lowest BCUT2D eigenvalue weighted by atomic mass is 9.83. The molecule has 2 fully saturated rings. The lowest BCUT2D eigenvalue weighted by molar-refractivity contribution is -0.150. The van der Waals surface area contributed by atoms with Gasteiger partial charge in [-0.15, -0.1) is 0 Å². The highest BCUT2D eigenvalue weighted by molar-refractivity contribution is 4.99. The number of nitrogens with one attached hydrogen (secondary N) is 1. The number of aromatic amines is 1. The first-order valence-electron chi connectivity index (χ1n) is 7.59. The van der Waals surface area contributed by atoms with E-state index in [0.29, 0.717) is 6.04 Å². The van der Waals surface area contributed by atoms with Gasteiger partial charge >= 0.3 is 0 Å². The summed E-state index contributed by atoms with van der Waals surface area (Å²) in [5, 5.41) is 0. The Labute approximate surface area is 120 Å². The van der Waals surface area contributed by atoms with Crippen LogP contribution >= 0.6 is 0 Å². The third kappa shape index (κ3) is 3.05. The van der Waals surface area contributed by atoms with E-state index in [1.165, 1.54) is 0 Å². The molecule has 3 heterocycles. The standard InChI is InChI=1S/C15H25N3O2/c1-12-10-16-14(17-12)11-18(2)13-3-6-20-15(9-13)4-7-19-8-5-15/h10,13H,3-9,11H2,1-2H3,(H,16,17)/t13-/m1/s1. The van der Waals surface area contributed by atoms with Crippen molar-refractivity contribution in [3.8, 4) is 0 Å². The molecule has 0 saturated carbocycles.